The second-order valence-corrected chi connectivity index (χ2v) is 6.67. The fourth-order valence-corrected chi connectivity index (χ4v) is 3.68. The van der Waals surface area contributed by atoms with Gasteiger partial charge in [0.15, 0.2) is 0 Å². The number of hydrogen-bond donors (Lipinski definition) is 2. The minimum atomic E-state index is -0.402. The van der Waals surface area contributed by atoms with E-state index < -0.39 is 5.60 Å². The summed E-state index contributed by atoms with van der Waals surface area (Å²) in [5.41, 5.74) is -0.402. The highest BCUT2D eigenvalue weighted by atomic mass is 16.3. The van der Waals surface area contributed by atoms with Crippen molar-refractivity contribution in [2.24, 2.45) is 11.8 Å². The molecular formula is C15H29NO. The zero-order valence-corrected chi connectivity index (χ0v) is 11.5. The normalized spacial score (nSPS) is 37.9. The third kappa shape index (κ3) is 3.69. The Hall–Kier alpha value is -0.0800. The lowest BCUT2D eigenvalue weighted by Gasteiger charge is -2.38. The molecule has 0 aromatic rings. The lowest BCUT2D eigenvalue weighted by molar-refractivity contribution is -0.000582. The molecule has 2 N–H and O–H groups in total. The maximum absolute atomic E-state index is 10.5. The van der Waals surface area contributed by atoms with Gasteiger partial charge in [-0.05, 0) is 43.9 Å². The molecule has 3 unspecified atom stereocenters. The van der Waals surface area contributed by atoms with Crippen molar-refractivity contribution in [1.82, 2.24) is 5.32 Å². The van der Waals surface area contributed by atoms with Gasteiger partial charge in [0.2, 0.25) is 0 Å². The van der Waals surface area contributed by atoms with Crippen LogP contribution in [0.2, 0.25) is 0 Å². The summed E-state index contributed by atoms with van der Waals surface area (Å²) in [6.07, 6.45) is 9.69. The van der Waals surface area contributed by atoms with E-state index >= 15 is 0 Å². The second kappa shape index (κ2) is 5.71. The Morgan fingerprint density at radius 2 is 1.82 bits per heavy atom. The topological polar surface area (TPSA) is 32.3 Å². The van der Waals surface area contributed by atoms with Crippen molar-refractivity contribution in [3.8, 4) is 0 Å². The number of aliphatic hydroxyl groups is 1. The molecule has 0 amide bonds. The van der Waals surface area contributed by atoms with Gasteiger partial charge in [0, 0.05) is 12.6 Å². The molecule has 100 valence electrons. The number of hydrogen-bond acceptors (Lipinski definition) is 2. The molecule has 0 heterocycles. The monoisotopic (exact) mass is 239 g/mol. The van der Waals surface area contributed by atoms with Crippen LogP contribution < -0.4 is 5.32 Å². The Labute approximate surface area is 106 Å². The van der Waals surface area contributed by atoms with E-state index in [1.807, 2.05) is 0 Å². The highest BCUT2D eigenvalue weighted by Crippen LogP contribution is 2.31. The van der Waals surface area contributed by atoms with Gasteiger partial charge in [0.25, 0.3) is 0 Å². The molecule has 2 heteroatoms. The standard InChI is InChI=1S/C15H29NO/c1-12-6-7-14(13(2)10-12)16-11-15(17)8-4-3-5-9-15/h12-14,16-17H,3-11H2,1-2H3. The van der Waals surface area contributed by atoms with Crippen molar-refractivity contribution >= 4 is 0 Å². The predicted molar refractivity (Wildman–Crippen MR) is 72.0 cm³/mol. The van der Waals surface area contributed by atoms with Crippen molar-refractivity contribution in [3.63, 3.8) is 0 Å². The first-order valence-corrected chi connectivity index (χ1v) is 7.55. The largest absolute Gasteiger partial charge is 0.389 e. The van der Waals surface area contributed by atoms with E-state index in [0.29, 0.717) is 6.04 Å². The quantitative estimate of drug-likeness (QED) is 0.793. The van der Waals surface area contributed by atoms with Gasteiger partial charge in [-0.15, -0.1) is 0 Å². The van der Waals surface area contributed by atoms with E-state index in [1.54, 1.807) is 0 Å². The first-order chi connectivity index (χ1) is 8.09. The molecule has 0 spiro atoms. The van der Waals surface area contributed by atoms with E-state index in [0.717, 1.165) is 31.2 Å². The summed E-state index contributed by atoms with van der Waals surface area (Å²) < 4.78 is 0. The van der Waals surface area contributed by atoms with Crippen LogP contribution in [-0.4, -0.2) is 23.3 Å². The Morgan fingerprint density at radius 3 is 2.47 bits per heavy atom. The predicted octanol–water partition coefficient (Wildman–Crippen LogP) is 3.10. The van der Waals surface area contributed by atoms with Crippen LogP contribution in [0.3, 0.4) is 0 Å². The van der Waals surface area contributed by atoms with Crippen molar-refractivity contribution in [2.75, 3.05) is 6.54 Å². The summed E-state index contributed by atoms with van der Waals surface area (Å²) in [4.78, 5) is 0. The smallest absolute Gasteiger partial charge is 0.0771 e. The zero-order valence-electron chi connectivity index (χ0n) is 11.5. The van der Waals surface area contributed by atoms with E-state index in [-0.39, 0.29) is 0 Å². The Morgan fingerprint density at radius 1 is 1.12 bits per heavy atom. The van der Waals surface area contributed by atoms with Gasteiger partial charge < -0.3 is 10.4 Å². The molecule has 2 aliphatic rings. The van der Waals surface area contributed by atoms with Crippen molar-refractivity contribution in [3.05, 3.63) is 0 Å². The molecule has 0 aromatic carbocycles. The Bertz CT molecular complexity index is 235. The molecule has 0 bridgehead atoms. The minimum absolute atomic E-state index is 0.402. The molecule has 0 aromatic heterocycles. The number of nitrogens with one attached hydrogen (secondary N) is 1. The van der Waals surface area contributed by atoms with Crippen LogP contribution in [-0.2, 0) is 0 Å². The van der Waals surface area contributed by atoms with Crippen LogP contribution in [0.25, 0.3) is 0 Å². The summed E-state index contributed by atoms with van der Waals surface area (Å²) in [6, 6.07) is 0.636. The van der Waals surface area contributed by atoms with Gasteiger partial charge >= 0.3 is 0 Å². The molecule has 0 radical (unpaired) electrons. The van der Waals surface area contributed by atoms with Crippen molar-refractivity contribution in [2.45, 2.75) is 76.9 Å². The average molecular weight is 239 g/mol. The zero-order chi connectivity index (χ0) is 12.3. The van der Waals surface area contributed by atoms with Gasteiger partial charge in [-0.25, -0.2) is 0 Å². The highest BCUT2D eigenvalue weighted by molar-refractivity contribution is 4.88. The SMILES string of the molecule is CC1CCC(NCC2(O)CCCCC2)C(C)C1. The molecule has 2 saturated carbocycles. The van der Waals surface area contributed by atoms with Crippen LogP contribution in [0.5, 0.6) is 0 Å². The van der Waals surface area contributed by atoms with Gasteiger partial charge in [-0.2, -0.15) is 0 Å². The van der Waals surface area contributed by atoms with Gasteiger partial charge in [0.05, 0.1) is 5.60 Å². The highest BCUT2D eigenvalue weighted by Gasteiger charge is 2.31. The van der Waals surface area contributed by atoms with Crippen LogP contribution in [0.1, 0.15) is 65.2 Å². The van der Waals surface area contributed by atoms with E-state index in [2.05, 4.69) is 19.2 Å². The summed E-state index contributed by atoms with van der Waals surface area (Å²) >= 11 is 0. The van der Waals surface area contributed by atoms with Gasteiger partial charge in [-0.1, -0.05) is 33.1 Å². The van der Waals surface area contributed by atoms with E-state index in [9.17, 15) is 5.11 Å². The first kappa shape index (κ1) is 13.4. The van der Waals surface area contributed by atoms with Gasteiger partial charge in [0.1, 0.15) is 0 Å². The maximum Gasteiger partial charge on any atom is 0.0771 e. The van der Waals surface area contributed by atoms with Crippen LogP contribution in [0.15, 0.2) is 0 Å². The molecule has 0 saturated heterocycles. The molecule has 2 nitrogen and oxygen atoms in total. The first-order valence-electron chi connectivity index (χ1n) is 7.55. The lowest BCUT2D eigenvalue weighted by Crippen LogP contribution is -2.48. The molecule has 2 fully saturated rings. The summed E-state index contributed by atoms with van der Waals surface area (Å²) in [6.45, 7) is 5.54. The third-order valence-electron chi connectivity index (χ3n) is 4.91. The molecule has 17 heavy (non-hydrogen) atoms. The molecule has 2 aliphatic carbocycles. The molecule has 0 aliphatic heterocycles. The van der Waals surface area contributed by atoms with Crippen molar-refractivity contribution < 1.29 is 5.11 Å². The van der Waals surface area contributed by atoms with Crippen LogP contribution in [0, 0.1) is 11.8 Å². The van der Waals surface area contributed by atoms with Crippen LogP contribution in [0.4, 0.5) is 0 Å². The minimum Gasteiger partial charge on any atom is -0.389 e. The summed E-state index contributed by atoms with van der Waals surface area (Å²) in [7, 11) is 0. The lowest BCUT2D eigenvalue weighted by atomic mass is 9.79. The van der Waals surface area contributed by atoms with E-state index in [4.69, 9.17) is 0 Å². The number of rotatable bonds is 3. The fraction of sp³-hybridized carbons (Fsp3) is 1.00. The fourth-order valence-electron chi connectivity index (χ4n) is 3.68. The van der Waals surface area contributed by atoms with E-state index in [1.165, 1.54) is 38.5 Å². The molecule has 3 atom stereocenters. The summed E-state index contributed by atoms with van der Waals surface area (Å²) in [5, 5.41) is 14.1. The van der Waals surface area contributed by atoms with Gasteiger partial charge in [-0.3, -0.25) is 0 Å². The van der Waals surface area contributed by atoms with Crippen molar-refractivity contribution in [1.29, 1.82) is 0 Å². The third-order valence-corrected chi connectivity index (χ3v) is 4.91. The average Bonchev–Trinajstić information content (AvgIpc) is 2.29. The Balaban J connectivity index is 1.77. The molecular weight excluding hydrogens is 210 g/mol. The molecule has 2 rings (SSSR count). The Kier molecular flexibility index (Phi) is 4.48. The van der Waals surface area contributed by atoms with Crippen LogP contribution >= 0.6 is 0 Å². The maximum atomic E-state index is 10.5. The second-order valence-electron chi connectivity index (χ2n) is 6.67. The summed E-state index contributed by atoms with van der Waals surface area (Å²) in [5.74, 6) is 1.66.